The average molecular weight is 494 g/mol. The minimum absolute atomic E-state index is 0.00657. The number of benzene rings is 3. The molecule has 9 heteroatoms. The largest absolute Gasteiger partial charge is 0.509 e. The first-order valence-corrected chi connectivity index (χ1v) is 11.1. The molecule has 0 aliphatic heterocycles. The number of carbonyl (C=O) groups is 3. The molecule has 0 radical (unpaired) electrons. The highest BCUT2D eigenvalue weighted by Crippen LogP contribution is 2.07. The van der Waals surface area contributed by atoms with Gasteiger partial charge in [-0.1, -0.05) is 91.0 Å². The molecule has 0 saturated carbocycles. The lowest BCUT2D eigenvalue weighted by molar-refractivity contribution is -0.0484. The summed E-state index contributed by atoms with van der Waals surface area (Å²) in [5.41, 5.74) is 2.31. The van der Waals surface area contributed by atoms with Crippen LogP contribution in [0.5, 0.6) is 0 Å². The molecule has 3 aromatic carbocycles. The third kappa shape index (κ3) is 10.2. The fourth-order valence-corrected chi connectivity index (χ4v) is 2.84. The lowest BCUT2D eigenvalue weighted by Gasteiger charge is -2.17. The monoisotopic (exact) mass is 494 g/mol. The van der Waals surface area contributed by atoms with E-state index in [1.165, 1.54) is 0 Å². The van der Waals surface area contributed by atoms with Crippen molar-refractivity contribution in [3.05, 3.63) is 108 Å². The summed E-state index contributed by atoms with van der Waals surface area (Å²) in [6.45, 7) is -0.869. The van der Waals surface area contributed by atoms with Crippen molar-refractivity contribution in [1.29, 1.82) is 0 Å². The molecule has 3 rings (SSSR count). The molecule has 36 heavy (non-hydrogen) atoms. The Balaban J connectivity index is 1.46. The zero-order chi connectivity index (χ0) is 25.4. The van der Waals surface area contributed by atoms with E-state index in [4.69, 9.17) is 28.4 Å². The van der Waals surface area contributed by atoms with E-state index < -0.39 is 37.8 Å². The van der Waals surface area contributed by atoms with Gasteiger partial charge in [0.05, 0.1) is 0 Å². The van der Waals surface area contributed by atoms with Crippen molar-refractivity contribution < 1.29 is 42.8 Å². The van der Waals surface area contributed by atoms with Crippen LogP contribution >= 0.6 is 0 Å². The summed E-state index contributed by atoms with van der Waals surface area (Å²) in [5.74, 6) is 0. The molecule has 0 bridgehead atoms. The topological polar surface area (TPSA) is 107 Å². The highest BCUT2D eigenvalue weighted by Gasteiger charge is 2.21. The summed E-state index contributed by atoms with van der Waals surface area (Å²) >= 11 is 0. The van der Waals surface area contributed by atoms with Crippen LogP contribution in [0.2, 0.25) is 0 Å². The van der Waals surface area contributed by atoms with E-state index in [9.17, 15) is 14.4 Å². The van der Waals surface area contributed by atoms with Gasteiger partial charge >= 0.3 is 18.5 Å². The van der Waals surface area contributed by atoms with Gasteiger partial charge in [0.25, 0.3) is 0 Å². The molecule has 0 unspecified atom stereocenters. The van der Waals surface area contributed by atoms with E-state index in [0.29, 0.717) is 0 Å². The summed E-state index contributed by atoms with van der Waals surface area (Å²) in [6.07, 6.45) is -4.12. The Labute approximate surface area is 208 Å². The molecule has 0 amide bonds. The van der Waals surface area contributed by atoms with Crippen molar-refractivity contribution in [3.8, 4) is 0 Å². The Bertz CT molecular complexity index is 1010. The second-order valence-corrected chi connectivity index (χ2v) is 7.43. The molecule has 188 valence electrons. The summed E-state index contributed by atoms with van der Waals surface area (Å²) in [4.78, 5) is 36.1. The van der Waals surface area contributed by atoms with Crippen LogP contribution in [0.25, 0.3) is 0 Å². The van der Waals surface area contributed by atoms with Crippen LogP contribution in [-0.4, -0.2) is 37.8 Å². The molecule has 3 aromatic rings. The second-order valence-electron chi connectivity index (χ2n) is 7.43. The molecular weight excluding hydrogens is 468 g/mol. The van der Waals surface area contributed by atoms with Gasteiger partial charge in [-0.25, -0.2) is 14.4 Å². The van der Waals surface area contributed by atoms with Gasteiger partial charge in [-0.15, -0.1) is 0 Å². The first-order chi connectivity index (χ1) is 17.6. The van der Waals surface area contributed by atoms with Gasteiger partial charge in [-0.3, -0.25) is 0 Å². The van der Waals surface area contributed by atoms with Gasteiger partial charge in [-0.2, -0.15) is 0 Å². The number of ether oxygens (including phenoxy) is 6. The highest BCUT2D eigenvalue weighted by atomic mass is 16.8. The molecule has 0 spiro atoms. The Morgan fingerprint density at radius 2 is 0.806 bits per heavy atom. The minimum atomic E-state index is -1.15. The Hall–Kier alpha value is -4.53. The Kier molecular flexibility index (Phi) is 10.6. The lowest BCUT2D eigenvalue weighted by Crippen LogP contribution is -2.31. The van der Waals surface area contributed by atoms with E-state index in [-0.39, 0.29) is 19.8 Å². The van der Waals surface area contributed by atoms with Crippen LogP contribution < -0.4 is 0 Å². The van der Waals surface area contributed by atoms with Gasteiger partial charge in [0, 0.05) is 0 Å². The predicted molar refractivity (Wildman–Crippen MR) is 127 cm³/mol. The summed E-state index contributed by atoms with van der Waals surface area (Å²) in [5, 5.41) is 0. The quantitative estimate of drug-likeness (QED) is 0.255. The Morgan fingerprint density at radius 3 is 1.17 bits per heavy atom. The fraction of sp³-hybridized carbons (Fsp3) is 0.222. The first-order valence-electron chi connectivity index (χ1n) is 11.1. The molecule has 0 aliphatic carbocycles. The minimum Gasteiger partial charge on any atom is -0.430 e. The Morgan fingerprint density at radius 1 is 0.472 bits per heavy atom. The van der Waals surface area contributed by atoms with Crippen LogP contribution in [-0.2, 0) is 48.2 Å². The number of hydrogen-bond acceptors (Lipinski definition) is 9. The van der Waals surface area contributed by atoms with Crippen molar-refractivity contribution >= 4 is 18.5 Å². The highest BCUT2D eigenvalue weighted by molar-refractivity contribution is 5.62. The summed E-state index contributed by atoms with van der Waals surface area (Å²) in [7, 11) is 0. The number of hydrogen-bond donors (Lipinski definition) is 0. The fourth-order valence-electron chi connectivity index (χ4n) is 2.84. The van der Waals surface area contributed by atoms with E-state index >= 15 is 0 Å². The molecule has 0 atom stereocenters. The smallest absolute Gasteiger partial charge is 0.430 e. The van der Waals surface area contributed by atoms with E-state index in [0.717, 1.165) is 16.7 Å². The number of rotatable bonds is 11. The van der Waals surface area contributed by atoms with Gasteiger partial charge in [0.1, 0.15) is 33.0 Å². The molecule has 0 aliphatic rings. The lowest BCUT2D eigenvalue weighted by atomic mass is 10.2. The maximum Gasteiger partial charge on any atom is 0.509 e. The third-order valence-corrected chi connectivity index (χ3v) is 4.64. The standard InChI is InChI=1S/C27H26O9/c28-25(31-16-21-10-4-1-5-11-21)34-19-24(36-27(30)33-18-23-14-8-3-9-15-23)20-35-26(29)32-17-22-12-6-2-7-13-22/h1-15,24H,16-20H2. The maximum absolute atomic E-state index is 12.1. The molecule has 9 nitrogen and oxygen atoms in total. The van der Waals surface area contributed by atoms with Crippen molar-refractivity contribution in [2.24, 2.45) is 0 Å². The maximum atomic E-state index is 12.1. The van der Waals surface area contributed by atoms with E-state index in [1.54, 1.807) is 48.5 Å². The summed E-state index contributed by atoms with van der Waals surface area (Å²) in [6, 6.07) is 27.1. The van der Waals surface area contributed by atoms with Gasteiger partial charge in [-0.05, 0) is 16.7 Å². The van der Waals surface area contributed by atoms with Crippen LogP contribution in [0.3, 0.4) is 0 Å². The van der Waals surface area contributed by atoms with Gasteiger partial charge in [0.2, 0.25) is 0 Å². The zero-order valence-corrected chi connectivity index (χ0v) is 19.4. The van der Waals surface area contributed by atoms with Crippen molar-refractivity contribution in [2.75, 3.05) is 13.2 Å². The zero-order valence-electron chi connectivity index (χ0n) is 19.4. The number of carbonyl (C=O) groups excluding carboxylic acids is 3. The van der Waals surface area contributed by atoms with Gasteiger partial charge in [0.15, 0.2) is 6.10 Å². The molecule has 0 heterocycles. The molecule has 0 N–H and O–H groups in total. The predicted octanol–water partition coefficient (Wildman–Crippen LogP) is 5.42. The van der Waals surface area contributed by atoms with E-state index in [2.05, 4.69) is 0 Å². The average Bonchev–Trinajstić information content (AvgIpc) is 2.92. The van der Waals surface area contributed by atoms with Crippen LogP contribution in [0.15, 0.2) is 91.0 Å². The van der Waals surface area contributed by atoms with Crippen molar-refractivity contribution in [3.63, 3.8) is 0 Å². The van der Waals surface area contributed by atoms with Crippen molar-refractivity contribution in [1.82, 2.24) is 0 Å². The van der Waals surface area contributed by atoms with Gasteiger partial charge < -0.3 is 28.4 Å². The third-order valence-electron chi connectivity index (χ3n) is 4.64. The molecule has 0 aromatic heterocycles. The van der Waals surface area contributed by atoms with Crippen molar-refractivity contribution in [2.45, 2.75) is 25.9 Å². The molecule has 0 fully saturated rings. The SMILES string of the molecule is O=C(OCc1ccccc1)OCC(COC(=O)OCc1ccccc1)OC(=O)OCc1ccccc1. The second kappa shape index (κ2) is 14.7. The first kappa shape index (κ1) is 26.1. The summed E-state index contributed by atoms with van der Waals surface area (Å²) < 4.78 is 30.4. The van der Waals surface area contributed by atoms with Crippen LogP contribution in [0.1, 0.15) is 16.7 Å². The molecular formula is C27H26O9. The van der Waals surface area contributed by atoms with Crippen LogP contribution in [0, 0.1) is 0 Å². The molecule has 0 saturated heterocycles. The normalized spacial score (nSPS) is 10.2. The van der Waals surface area contributed by atoms with Crippen LogP contribution in [0.4, 0.5) is 14.4 Å². The van der Waals surface area contributed by atoms with E-state index in [1.807, 2.05) is 42.5 Å².